The highest BCUT2D eigenvalue weighted by Gasteiger charge is 2.21. The van der Waals surface area contributed by atoms with E-state index < -0.39 is 0 Å². The summed E-state index contributed by atoms with van der Waals surface area (Å²) < 4.78 is 0. The van der Waals surface area contributed by atoms with Gasteiger partial charge in [-0.3, -0.25) is 9.88 Å². The molecule has 0 fully saturated rings. The van der Waals surface area contributed by atoms with Gasteiger partial charge in [0.05, 0.1) is 28.8 Å². The van der Waals surface area contributed by atoms with Crippen molar-refractivity contribution in [3.8, 4) is 6.07 Å². The first-order valence-electron chi connectivity index (χ1n) is 8.61. The first kappa shape index (κ1) is 15.8. The molecule has 0 saturated heterocycles. The maximum Gasteiger partial charge on any atom is 0.121 e. The zero-order chi connectivity index (χ0) is 17.6. The monoisotopic (exact) mass is 331 g/mol. The number of H-pyrrole nitrogens is 1. The minimum atomic E-state index is 0.756. The van der Waals surface area contributed by atoms with Crippen molar-refractivity contribution in [3.63, 3.8) is 0 Å². The molecule has 4 rings (SSSR count). The average molecular weight is 331 g/mol. The van der Waals surface area contributed by atoms with Gasteiger partial charge in [0.15, 0.2) is 0 Å². The third-order valence-electron chi connectivity index (χ3n) is 5.25. The van der Waals surface area contributed by atoms with Crippen LogP contribution in [0.5, 0.6) is 0 Å². The number of nitrogens with zero attached hydrogens (tertiary/aromatic N) is 4. The highest BCUT2D eigenvalue weighted by molar-refractivity contribution is 5.79. The summed E-state index contributed by atoms with van der Waals surface area (Å²) in [5, 5.41) is 9.39. The fraction of sp³-hybridized carbons (Fsp3) is 0.350. The van der Waals surface area contributed by atoms with Crippen LogP contribution in [0.4, 0.5) is 0 Å². The Labute approximate surface area is 147 Å². The smallest absolute Gasteiger partial charge is 0.121 e. The Morgan fingerprint density at radius 2 is 2.12 bits per heavy atom. The number of aromatic amines is 1. The molecule has 0 aliphatic carbocycles. The molecule has 2 aromatic heterocycles. The van der Waals surface area contributed by atoms with Crippen LogP contribution in [0.3, 0.4) is 0 Å². The van der Waals surface area contributed by atoms with E-state index in [1.54, 1.807) is 0 Å². The number of fused-ring (bicyclic) bond motifs is 2. The summed E-state index contributed by atoms with van der Waals surface area (Å²) in [4.78, 5) is 15.0. The summed E-state index contributed by atoms with van der Waals surface area (Å²) in [5.74, 6) is 0.993. The van der Waals surface area contributed by atoms with Crippen molar-refractivity contribution in [2.45, 2.75) is 40.3 Å². The molecule has 0 unspecified atom stereocenters. The van der Waals surface area contributed by atoms with Crippen LogP contribution in [0, 0.1) is 32.1 Å². The molecule has 1 aliphatic heterocycles. The molecular weight excluding hydrogens is 310 g/mol. The molecule has 0 spiro atoms. The predicted octanol–water partition coefficient (Wildman–Crippen LogP) is 3.31. The summed E-state index contributed by atoms with van der Waals surface area (Å²) in [6.45, 7) is 8.67. The molecule has 0 bridgehead atoms. The SMILES string of the molecule is Cc1ccc2[nH]c(CN3CCc4c(cnc(C)c4C#N)C3)nc2c1C. The lowest BCUT2D eigenvalue weighted by Gasteiger charge is -2.28. The number of hydrogen-bond donors (Lipinski definition) is 1. The van der Waals surface area contributed by atoms with Gasteiger partial charge in [0.25, 0.3) is 0 Å². The minimum Gasteiger partial charge on any atom is -0.341 e. The summed E-state index contributed by atoms with van der Waals surface area (Å²) in [6, 6.07) is 6.55. The number of nitriles is 1. The standard InChI is InChI=1S/C20H21N5/c1-12-4-5-18-20(13(12)2)24-19(23-18)11-25-7-6-16-15(10-25)9-22-14(3)17(16)8-21/h4-5,9H,6-7,10-11H2,1-3H3,(H,23,24). The van der Waals surface area contributed by atoms with E-state index in [-0.39, 0.29) is 0 Å². The molecule has 1 aromatic carbocycles. The van der Waals surface area contributed by atoms with Crippen molar-refractivity contribution in [1.82, 2.24) is 19.9 Å². The fourth-order valence-corrected chi connectivity index (χ4v) is 3.64. The molecule has 5 nitrogen and oxygen atoms in total. The molecule has 3 aromatic rings. The van der Waals surface area contributed by atoms with Gasteiger partial charge in [-0.05, 0) is 55.5 Å². The predicted molar refractivity (Wildman–Crippen MR) is 97.1 cm³/mol. The zero-order valence-corrected chi connectivity index (χ0v) is 14.8. The van der Waals surface area contributed by atoms with Gasteiger partial charge in [-0.15, -0.1) is 0 Å². The fourth-order valence-electron chi connectivity index (χ4n) is 3.64. The molecule has 1 N–H and O–H groups in total. The zero-order valence-electron chi connectivity index (χ0n) is 14.8. The van der Waals surface area contributed by atoms with Gasteiger partial charge in [0.2, 0.25) is 0 Å². The van der Waals surface area contributed by atoms with E-state index in [0.29, 0.717) is 0 Å². The van der Waals surface area contributed by atoms with Gasteiger partial charge in [-0.2, -0.15) is 5.26 Å². The normalized spacial score (nSPS) is 14.5. The second kappa shape index (κ2) is 5.98. The lowest BCUT2D eigenvalue weighted by Crippen LogP contribution is -2.31. The Morgan fingerprint density at radius 1 is 1.28 bits per heavy atom. The van der Waals surface area contributed by atoms with Crippen LogP contribution in [-0.2, 0) is 19.5 Å². The van der Waals surface area contributed by atoms with E-state index in [9.17, 15) is 5.26 Å². The van der Waals surface area contributed by atoms with Crippen LogP contribution in [0.25, 0.3) is 11.0 Å². The average Bonchev–Trinajstić information content (AvgIpc) is 3.02. The molecule has 25 heavy (non-hydrogen) atoms. The van der Waals surface area contributed by atoms with Gasteiger partial charge in [0, 0.05) is 19.3 Å². The maximum absolute atomic E-state index is 9.39. The molecule has 3 heterocycles. The van der Waals surface area contributed by atoms with E-state index >= 15 is 0 Å². The number of aryl methyl sites for hydroxylation is 3. The van der Waals surface area contributed by atoms with Crippen LogP contribution < -0.4 is 0 Å². The van der Waals surface area contributed by atoms with Crippen LogP contribution >= 0.6 is 0 Å². The summed E-state index contributed by atoms with van der Waals surface area (Å²) in [6.07, 6.45) is 2.81. The largest absolute Gasteiger partial charge is 0.341 e. The highest BCUT2D eigenvalue weighted by Crippen LogP contribution is 2.25. The van der Waals surface area contributed by atoms with E-state index in [1.165, 1.54) is 16.7 Å². The van der Waals surface area contributed by atoms with Crippen molar-refractivity contribution < 1.29 is 0 Å². The quantitative estimate of drug-likeness (QED) is 0.782. The van der Waals surface area contributed by atoms with Gasteiger partial charge in [0.1, 0.15) is 11.9 Å². The van der Waals surface area contributed by atoms with Crippen molar-refractivity contribution in [2.24, 2.45) is 0 Å². The summed E-state index contributed by atoms with van der Waals surface area (Å²) in [5.41, 5.74) is 8.59. The molecule has 0 saturated carbocycles. The van der Waals surface area contributed by atoms with Crippen LogP contribution in [0.2, 0.25) is 0 Å². The van der Waals surface area contributed by atoms with E-state index in [1.807, 2.05) is 13.1 Å². The summed E-state index contributed by atoms with van der Waals surface area (Å²) in [7, 11) is 0. The van der Waals surface area contributed by atoms with E-state index in [2.05, 4.69) is 46.9 Å². The van der Waals surface area contributed by atoms with Gasteiger partial charge in [-0.1, -0.05) is 6.07 Å². The van der Waals surface area contributed by atoms with Gasteiger partial charge < -0.3 is 4.98 Å². The molecule has 0 radical (unpaired) electrons. The third kappa shape index (κ3) is 2.69. The maximum atomic E-state index is 9.39. The minimum absolute atomic E-state index is 0.756. The number of benzene rings is 1. The lowest BCUT2D eigenvalue weighted by atomic mass is 9.96. The topological polar surface area (TPSA) is 68.6 Å². The first-order valence-corrected chi connectivity index (χ1v) is 8.61. The lowest BCUT2D eigenvalue weighted by molar-refractivity contribution is 0.240. The molecule has 5 heteroatoms. The second-order valence-electron chi connectivity index (χ2n) is 6.88. The second-order valence-corrected chi connectivity index (χ2v) is 6.88. The Hall–Kier alpha value is -2.71. The van der Waals surface area contributed by atoms with Crippen molar-refractivity contribution >= 4 is 11.0 Å². The third-order valence-corrected chi connectivity index (χ3v) is 5.25. The van der Waals surface area contributed by atoms with Gasteiger partial charge in [-0.25, -0.2) is 4.98 Å². The summed E-state index contributed by atoms with van der Waals surface area (Å²) >= 11 is 0. The van der Waals surface area contributed by atoms with Gasteiger partial charge >= 0.3 is 0 Å². The molecule has 1 aliphatic rings. The number of imidazole rings is 1. The van der Waals surface area contributed by atoms with Crippen LogP contribution in [-0.4, -0.2) is 26.4 Å². The Balaban J connectivity index is 1.59. The number of nitrogens with one attached hydrogen (secondary N) is 1. The number of hydrogen-bond acceptors (Lipinski definition) is 4. The Morgan fingerprint density at radius 3 is 2.92 bits per heavy atom. The molecule has 0 amide bonds. The van der Waals surface area contributed by atoms with E-state index in [0.717, 1.165) is 59.7 Å². The van der Waals surface area contributed by atoms with E-state index in [4.69, 9.17) is 4.98 Å². The number of aromatic nitrogens is 3. The molecule has 126 valence electrons. The van der Waals surface area contributed by atoms with Crippen molar-refractivity contribution in [2.75, 3.05) is 6.54 Å². The van der Waals surface area contributed by atoms with Crippen LogP contribution in [0.15, 0.2) is 18.3 Å². The molecular formula is C20H21N5. The Bertz CT molecular complexity index is 1010. The number of pyridine rings is 1. The highest BCUT2D eigenvalue weighted by atomic mass is 15.2. The molecule has 0 atom stereocenters. The van der Waals surface area contributed by atoms with Crippen molar-refractivity contribution in [3.05, 3.63) is 57.7 Å². The Kier molecular flexibility index (Phi) is 3.78. The first-order chi connectivity index (χ1) is 12.1. The van der Waals surface area contributed by atoms with Crippen LogP contribution in [0.1, 0.15) is 39.3 Å². The van der Waals surface area contributed by atoms with Crippen molar-refractivity contribution in [1.29, 1.82) is 5.26 Å². The number of rotatable bonds is 2.